The molecule has 0 radical (unpaired) electrons. The average Bonchev–Trinajstić information content (AvgIpc) is 2.96. The number of hydrogen-bond acceptors (Lipinski definition) is 6. The van der Waals surface area contributed by atoms with Crippen molar-refractivity contribution in [1.29, 1.82) is 0 Å². The van der Waals surface area contributed by atoms with Crippen LogP contribution in [0.25, 0.3) is 10.2 Å². The van der Waals surface area contributed by atoms with E-state index in [2.05, 4.69) is 9.97 Å². The van der Waals surface area contributed by atoms with Crippen LogP contribution in [0.5, 0.6) is 5.75 Å². The van der Waals surface area contributed by atoms with E-state index in [9.17, 15) is 0 Å². The van der Waals surface area contributed by atoms with Crippen molar-refractivity contribution in [1.82, 2.24) is 9.97 Å². The lowest BCUT2D eigenvalue weighted by molar-refractivity contribution is 0.279. The van der Waals surface area contributed by atoms with Gasteiger partial charge in [0.1, 0.15) is 23.0 Å². The molecule has 0 saturated carbocycles. The second-order valence-corrected chi connectivity index (χ2v) is 5.43. The summed E-state index contributed by atoms with van der Waals surface area (Å²) in [5, 5.41) is 11.9. The largest absolute Gasteiger partial charge is 0.485 e. The highest BCUT2D eigenvalue weighted by Crippen LogP contribution is 2.24. The summed E-state index contributed by atoms with van der Waals surface area (Å²) in [5.74, 6) is 1.77. The molecule has 0 fully saturated rings. The van der Waals surface area contributed by atoms with Crippen LogP contribution in [-0.4, -0.2) is 21.7 Å². The van der Waals surface area contributed by atoms with Crippen LogP contribution in [0.2, 0.25) is 0 Å². The molecule has 0 atom stereocenters. The second-order valence-electron chi connectivity index (χ2n) is 4.53. The number of para-hydroxylation sites is 1. The lowest BCUT2D eigenvalue weighted by atomic mass is 10.1. The van der Waals surface area contributed by atoms with Gasteiger partial charge < -0.3 is 15.6 Å². The predicted molar refractivity (Wildman–Crippen MR) is 83.4 cm³/mol. The number of anilines is 1. The first-order chi connectivity index (χ1) is 10.3. The maximum atomic E-state index is 9.07. The van der Waals surface area contributed by atoms with Crippen molar-refractivity contribution in [2.75, 3.05) is 12.3 Å². The Balaban J connectivity index is 1.80. The Kier molecular flexibility index (Phi) is 3.98. The number of aliphatic hydroxyl groups excluding tert-OH is 1. The SMILES string of the molecule is Nc1nc(COc2ccccc2CCO)nc2sccc12. The first kappa shape index (κ1) is 13.8. The first-order valence-corrected chi connectivity index (χ1v) is 7.47. The van der Waals surface area contributed by atoms with Crippen LogP contribution in [0.15, 0.2) is 35.7 Å². The molecule has 3 N–H and O–H groups in total. The van der Waals surface area contributed by atoms with E-state index in [0.29, 0.717) is 18.1 Å². The number of hydrogen-bond donors (Lipinski definition) is 2. The van der Waals surface area contributed by atoms with Crippen LogP contribution >= 0.6 is 11.3 Å². The molecule has 3 rings (SSSR count). The van der Waals surface area contributed by atoms with Gasteiger partial charge in [-0.1, -0.05) is 18.2 Å². The topological polar surface area (TPSA) is 81.3 Å². The van der Waals surface area contributed by atoms with Crippen LogP contribution < -0.4 is 10.5 Å². The molecule has 21 heavy (non-hydrogen) atoms. The normalized spacial score (nSPS) is 10.9. The Morgan fingerprint density at radius 1 is 1.19 bits per heavy atom. The number of nitrogen functional groups attached to an aromatic ring is 1. The molecular formula is C15H15N3O2S. The summed E-state index contributed by atoms with van der Waals surface area (Å²) in [4.78, 5) is 9.57. The number of ether oxygens (including phenoxy) is 1. The van der Waals surface area contributed by atoms with Crippen molar-refractivity contribution < 1.29 is 9.84 Å². The zero-order chi connectivity index (χ0) is 14.7. The molecular weight excluding hydrogens is 286 g/mol. The summed E-state index contributed by atoms with van der Waals surface area (Å²) in [6.07, 6.45) is 0.559. The Morgan fingerprint density at radius 3 is 2.90 bits per heavy atom. The highest BCUT2D eigenvalue weighted by molar-refractivity contribution is 7.16. The van der Waals surface area contributed by atoms with Gasteiger partial charge >= 0.3 is 0 Å². The van der Waals surface area contributed by atoms with Crippen molar-refractivity contribution >= 4 is 27.4 Å². The maximum Gasteiger partial charge on any atom is 0.169 e. The van der Waals surface area contributed by atoms with Gasteiger partial charge in [-0.3, -0.25) is 0 Å². The third kappa shape index (κ3) is 2.96. The summed E-state index contributed by atoms with van der Waals surface area (Å²) in [7, 11) is 0. The van der Waals surface area contributed by atoms with E-state index in [1.165, 1.54) is 11.3 Å². The van der Waals surface area contributed by atoms with E-state index in [0.717, 1.165) is 21.5 Å². The van der Waals surface area contributed by atoms with Gasteiger partial charge in [0, 0.05) is 6.61 Å². The van der Waals surface area contributed by atoms with Crippen molar-refractivity contribution in [2.24, 2.45) is 0 Å². The van der Waals surface area contributed by atoms with E-state index >= 15 is 0 Å². The molecule has 6 heteroatoms. The minimum atomic E-state index is 0.0883. The Hall–Kier alpha value is -2.18. The number of aromatic nitrogens is 2. The van der Waals surface area contributed by atoms with Crippen molar-refractivity contribution in [3.8, 4) is 5.75 Å². The van der Waals surface area contributed by atoms with Gasteiger partial charge in [0.15, 0.2) is 5.82 Å². The van der Waals surface area contributed by atoms with E-state index in [1.807, 2.05) is 35.7 Å². The molecule has 5 nitrogen and oxygen atoms in total. The quantitative estimate of drug-likeness (QED) is 0.756. The van der Waals surface area contributed by atoms with Crippen molar-refractivity contribution in [3.63, 3.8) is 0 Å². The first-order valence-electron chi connectivity index (χ1n) is 6.59. The molecule has 0 bridgehead atoms. The predicted octanol–water partition coefficient (Wildman–Crippen LogP) is 2.39. The molecule has 0 spiro atoms. The number of fused-ring (bicyclic) bond motifs is 1. The lowest BCUT2D eigenvalue weighted by Gasteiger charge is -2.10. The maximum absolute atomic E-state index is 9.07. The van der Waals surface area contributed by atoms with E-state index in [1.54, 1.807) is 0 Å². The number of rotatable bonds is 5. The summed E-state index contributed by atoms with van der Waals surface area (Å²) in [6, 6.07) is 9.54. The molecule has 2 heterocycles. The number of nitrogens with zero attached hydrogens (tertiary/aromatic N) is 2. The van der Waals surface area contributed by atoms with Crippen LogP contribution in [0.3, 0.4) is 0 Å². The molecule has 108 valence electrons. The van der Waals surface area contributed by atoms with E-state index < -0.39 is 0 Å². The van der Waals surface area contributed by atoms with Crippen molar-refractivity contribution in [2.45, 2.75) is 13.0 Å². The van der Waals surface area contributed by atoms with Gasteiger partial charge in [-0.05, 0) is 29.5 Å². The van der Waals surface area contributed by atoms with Crippen LogP contribution in [0, 0.1) is 0 Å². The average molecular weight is 301 g/mol. The molecule has 1 aromatic carbocycles. The van der Waals surface area contributed by atoms with Crippen LogP contribution in [0.4, 0.5) is 5.82 Å². The summed E-state index contributed by atoms with van der Waals surface area (Å²) < 4.78 is 5.77. The van der Waals surface area contributed by atoms with Crippen LogP contribution in [0.1, 0.15) is 11.4 Å². The van der Waals surface area contributed by atoms with Gasteiger partial charge in [-0.25, -0.2) is 9.97 Å². The summed E-state index contributed by atoms with van der Waals surface area (Å²) in [6.45, 7) is 0.339. The Morgan fingerprint density at radius 2 is 2.05 bits per heavy atom. The number of thiophene rings is 1. The van der Waals surface area contributed by atoms with Crippen LogP contribution in [-0.2, 0) is 13.0 Å². The summed E-state index contributed by atoms with van der Waals surface area (Å²) in [5.41, 5.74) is 6.88. The molecule has 0 aliphatic rings. The molecule has 3 aromatic rings. The van der Waals surface area contributed by atoms with E-state index in [-0.39, 0.29) is 13.2 Å². The Bertz CT molecular complexity index is 758. The minimum absolute atomic E-state index is 0.0883. The second kappa shape index (κ2) is 6.07. The number of aliphatic hydroxyl groups is 1. The molecule has 0 saturated heterocycles. The standard InChI is InChI=1S/C15H15N3O2S/c16-14-11-6-8-21-15(11)18-13(17-14)9-20-12-4-2-1-3-10(12)5-7-19/h1-4,6,8,19H,5,7,9H2,(H2,16,17,18). The van der Waals surface area contributed by atoms with Gasteiger partial charge in [0.05, 0.1) is 5.39 Å². The third-order valence-corrected chi connectivity index (χ3v) is 3.92. The number of nitrogens with two attached hydrogens (primary N) is 1. The fraction of sp³-hybridized carbons (Fsp3) is 0.200. The number of benzene rings is 1. The fourth-order valence-electron chi connectivity index (χ4n) is 2.10. The van der Waals surface area contributed by atoms with Gasteiger partial charge in [-0.15, -0.1) is 11.3 Å². The van der Waals surface area contributed by atoms with Crippen molar-refractivity contribution in [3.05, 3.63) is 47.1 Å². The van der Waals surface area contributed by atoms with Gasteiger partial charge in [0.25, 0.3) is 0 Å². The monoisotopic (exact) mass is 301 g/mol. The molecule has 0 amide bonds. The molecule has 0 aliphatic carbocycles. The Labute approximate surface area is 126 Å². The summed E-state index contributed by atoms with van der Waals surface area (Å²) >= 11 is 1.53. The van der Waals surface area contributed by atoms with Gasteiger partial charge in [0.2, 0.25) is 0 Å². The third-order valence-electron chi connectivity index (χ3n) is 3.11. The highest BCUT2D eigenvalue weighted by atomic mass is 32.1. The minimum Gasteiger partial charge on any atom is -0.485 e. The van der Waals surface area contributed by atoms with Gasteiger partial charge in [-0.2, -0.15) is 0 Å². The lowest BCUT2D eigenvalue weighted by Crippen LogP contribution is -2.05. The fourth-order valence-corrected chi connectivity index (χ4v) is 2.89. The molecule has 0 unspecified atom stereocenters. The highest BCUT2D eigenvalue weighted by Gasteiger charge is 2.08. The smallest absolute Gasteiger partial charge is 0.169 e. The zero-order valence-corrected chi connectivity index (χ0v) is 12.1. The molecule has 2 aromatic heterocycles. The molecule has 0 aliphatic heterocycles. The van der Waals surface area contributed by atoms with E-state index in [4.69, 9.17) is 15.6 Å². The zero-order valence-electron chi connectivity index (χ0n) is 11.3.